The molecule has 96 valence electrons. The Morgan fingerprint density at radius 3 is 2.89 bits per heavy atom. The first kappa shape index (κ1) is 12.7. The molecule has 1 N–H and O–H groups in total. The third kappa shape index (κ3) is 2.92. The van der Waals surface area contributed by atoms with Crippen LogP contribution in [0.25, 0.3) is 0 Å². The van der Waals surface area contributed by atoms with Gasteiger partial charge in [-0.25, -0.2) is 0 Å². The van der Waals surface area contributed by atoms with Crippen molar-refractivity contribution >= 4 is 0 Å². The molecule has 0 radical (unpaired) electrons. The summed E-state index contributed by atoms with van der Waals surface area (Å²) in [6.07, 6.45) is 4.22. The van der Waals surface area contributed by atoms with Crippen LogP contribution in [0.2, 0.25) is 0 Å². The van der Waals surface area contributed by atoms with Crippen LogP contribution in [0.1, 0.15) is 37.0 Å². The van der Waals surface area contributed by atoms with Crippen LogP contribution in [0.3, 0.4) is 0 Å². The van der Waals surface area contributed by atoms with Crippen molar-refractivity contribution in [3.8, 4) is 0 Å². The molecular formula is C13H18N4O. The summed E-state index contributed by atoms with van der Waals surface area (Å²) in [5, 5.41) is 7.19. The molecule has 0 aliphatic rings. The number of hydrogen-bond donors (Lipinski definition) is 1. The van der Waals surface area contributed by atoms with Crippen LogP contribution < -0.4 is 5.32 Å². The molecule has 2 rings (SSSR count). The van der Waals surface area contributed by atoms with Crippen molar-refractivity contribution in [2.24, 2.45) is 0 Å². The molecule has 0 spiro atoms. The fourth-order valence-corrected chi connectivity index (χ4v) is 1.67. The van der Waals surface area contributed by atoms with Gasteiger partial charge in [0.25, 0.3) is 0 Å². The summed E-state index contributed by atoms with van der Waals surface area (Å²) in [5.41, 5.74) is 1.08. The van der Waals surface area contributed by atoms with E-state index in [2.05, 4.69) is 34.3 Å². The normalized spacial score (nSPS) is 14.4. The van der Waals surface area contributed by atoms with Gasteiger partial charge in [0.15, 0.2) is 5.82 Å². The SMILES string of the molecule is CNC(C)C(C)c1nc(Cc2cccnc2)no1. The molecule has 0 aliphatic heterocycles. The van der Waals surface area contributed by atoms with E-state index in [0.717, 1.165) is 5.56 Å². The maximum Gasteiger partial charge on any atom is 0.231 e. The Balaban J connectivity index is 2.07. The van der Waals surface area contributed by atoms with E-state index in [1.165, 1.54) is 0 Å². The molecule has 0 aromatic carbocycles. The van der Waals surface area contributed by atoms with Crippen molar-refractivity contribution in [3.63, 3.8) is 0 Å². The number of hydrogen-bond acceptors (Lipinski definition) is 5. The fourth-order valence-electron chi connectivity index (χ4n) is 1.67. The minimum Gasteiger partial charge on any atom is -0.339 e. The molecule has 5 nitrogen and oxygen atoms in total. The predicted molar refractivity (Wildman–Crippen MR) is 68.3 cm³/mol. The van der Waals surface area contributed by atoms with Gasteiger partial charge in [-0.1, -0.05) is 18.1 Å². The summed E-state index contributed by atoms with van der Waals surface area (Å²) < 4.78 is 5.30. The maximum atomic E-state index is 5.30. The van der Waals surface area contributed by atoms with Crippen LogP contribution in [0, 0.1) is 0 Å². The molecule has 0 saturated carbocycles. The highest BCUT2D eigenvalue weighted by molar-refractivity contribution is 5.14. The smallest absolute Gasteiger partial charge is 0.231 e. The molecule has 2 heterocycles. The molecule has 2 aromatic heterocycles. The highest BCUT2D eigenvalue weighted by Gasteiger charge is 2.19. The number of pyridine rings is 1. The standard InChI is InChI=1S/C13H18N4O/c1-9(10(2)14-3)13-16-12(17-18-13)7-11-5-4-6-15-8-11/h4-6,8-10,14H,7H2,1-3H3. The van der Waals surface area contributed by atoms with Gasteiger partial charge in [0, 0.05) is 24.9 Å². The van der Waals surface area contributed by atoms with E-state index in [-0.39, 0.29) is 5.92 Å². The van der Waals surface area contributed by atoms with Gasteiger partial charge in [-0.2, -0.15) is 4.98 Å². The largest absolute Gasteiger partial charge is 0.339 e. The molecular weight excluding hydrogens is 228 g/mol. The summed E-state index contributed by atoms with van der Waals surface area (Å²) in [6.45, 7) is 4.16. The molecule has 0 bridgehead atoms. The Kier molecular flexibility index (Phi) is 4.04. The highest BCUT2D eigenvalue weighted by Crippen LogP contribution is 2.17. The second-order valence-electron chi connectivity index (χ2n) is 4.45. The second-order valence-corrected chi connectivity index (χ2v) is 4.45. The van der Waals surface area contributed by atoms with Crippen LogP contribution in [0.4, 0.5) is 0 Å². The molecule has 0 amide bonds. The zero-order chi connectivity index (χ0) is 13.0. The number of nitrogens with zero attached hydrogens (tertiary/aromatic N) is 3. The number of likely N-dealkylation sites (N-methyl/N-ethyl adjacent to an activating group) is 1. The molecule has 18 heavy (non-hydrogen) atoms. The van der Waals surface area contributed by atoms with Crippen molar-refractivity contribution in [3.05, 3.63) is 41.8 Å². The quantitative estimate of drug-likeness (QED) is 0.871. The summed E-state index contributed by atoms with van der Waals surface area (Å²) in [7, 11) is 1.92. The Hall–Kier alpha value is -1.75. The van der Waals surface area contributed by atoms with E-state index in [1.807, 2.05) is 25.4 Å². The Labute approximate surface area is 107 Å². The topological polar surface area (TPSA) is 63.8 Å². The lowest BCUT2D eigenvalue weighted by atomic mass is 10.0. The summed E-state index contributed by atoms with van der Waals surface area (Å²) >= 11 is 0. The monoisotopic (exact) mass is 246 g/mol. The molecule has 5 heteroatoms. The van der Waals surface area contributed by atoms with Crippen molar-refractivity contribution in [2.45, 2.75) is 32.2 Å². The van der Waals surface area contributed by atoms with E-state index in [9.17, 15) is 0 Å². The van der Waals surface area contributed by atoms with E-state index in [4.69, 9.17) is 4.52 Å². The molecule has 0 saturated heterocycles. The first-order valence-electron chi connectivity index (χ1n) is 6.09. The van der Waals surface area contributed by atoms with Gasteiger partial charge in [-0.05, 0) is 25.6 Å². The molecule has 2 atom stereocenters. The minimum atomic E-state index is 0.199. The summed E-state index contributed by atoms with van der Waals surface area (Å²) in [4.78, 5) is 8.50. The van der Waals surface area contributed by atoms with E-state index < -0.39 is 0 Å². The lowest BCUT2D eigenvalue weighted by molar-refractivity contribution is 0.333. The van der Waals surface area contributed by atoms with Crippen LogP contribution in [-0.2, 0) is 6.42 Å². The zero-order valence-electron chi connectivity index (χ0n) is 10.9. The minimum absolute atomic E-state index is 0.199. The van der Waals surface area contributed by atoms with Crippen LogP contribution in [0.15, 0.2) is 29.0 Å². The second kappa shape index (κ2) is 5.73. The summed E-state index contributed by atoms with van der Waals surface area (Å²) in [5.74, 6) is 1.58. The Morgan fingerprint density at radius 1 is 1.39 bits per heavy atom. The molecule has 0 aliphatic carbocycles. The highest BCUT2D eigenvalue weighted by atomic mass is 16.5. The van der Waals surface area contributed by atoms with Gasteiger partial charge in [0.05, 0.1) is 5.92 Å². The Bertz CT molecular complexity index is 483. The Morgan fingerprint density at radius 2 is 2.22 bits per heavy atom. The zero-order valence-corrected chi connectivity index (χ0v) is 10.9. The molecule has 2 unspecified atom stereocenters. The number of aromatic nitrogens is 3. The molecule has 2 aromatic rings. The number of rotatable bonds is 5. The average molecular weight is 246 g/mol. The van der Waals surface area contributed by atoms with Gasteiger partial charge in [0.1, 0.15) is 0 Å². The van der Waals surface area contributed by atoms with Gasteiger partial charge < -0.3 is 9.84 Å². The van der Waals surface area contributed by atoms with Crippen molar-refractivity contribution in [2.75, 3.05) is 7.05 Å². The predicted octanol–water partition coefficient (Wildman–Crippen LogP) is 1.77. The van der Waals surface area contributed by atoms with Crippen molar-refractivity contribution in [1.29, 1.82) is 0 Å². The van der Waals surface area contributed by atoms with Crippen molar-refractivity contribution in [1.82, 2.24) is 20.4 Å². The van der Waals surface area contributed by atoms with E-state index >= 15 is 0 Å². The van der Waals surface area contributed by atoms with Gasteiger partial charge >= 0.3 is 0 Å². The third-order valence-corrected chi connectivity index (χ3v) is 3.16. The van der Waals surface area contributed by atoms with Gasteiger partial charge in [-0.3, -0.25) is 4.98 Å². The lowest BCUT2D eigenvalue weighted by Crippen LogP contribution is -2.27. The fraction of sp³-hybridized carbons (Fsp3) is 0.462. The van der Waals surface area contributed by atoms with Crippen molar-refractivity contribution < 1.29 is 4.52 Å². The van der Waals surface area contributed by atoms with Crippen LogP contribution in [-0.4, -0.2) is 28.2 Å². The van der Waals surface area contributed by atoms with Crippen LogP contribution >= 0.6 is 0 Å². The number of nitrogens with one attached hydrogen (secondary N) is 1. The first-order chi connectivity index (χ1) is 8.70. The lowest BCUT2D eigenvalue weighted by Gasteiger charge is -2.14. The maximum absolute atomic E-state index is 5.30. The van der Waals surface area contributed by atoms with E-state index in [0.29, 0.717) is 24.2 Å². The van der Waals surface area contributed by atoms with Crippen LogP contribution in [0.5, 0.6) is 0 Å². The summed E-state index contributed by atoms with van der Waals surface area (Å²) in [6, 6.07) is 4.21. The van der Waals surface area contributed by atoms with E-state index in [1.54, 1.807) is 6.20 Å². The van der Waals surface area contributed by atoms with Gasteiger partial charge in [0.2, 0.25) is 5.89 Å². The molecule has 0 fully saturated rings. The average Bonchev–Trinajstić information content (AvgIpc) is 2.86. The first-order valence-corrected chi connectivity index (χ1v) is 6.09. The van der Waals surface area contributed by atoms with Gasteiger partial charge in [-0.15, -0.1) is 0 Å². The third-order valence-electron chi connectivity index (χ3n) is 3.16.